The molecule has 6 nitrogen and oxygen atoms in total. The van der Waals surface area contributed by atoms with Crippen LogP contribution in [0.25, 0.3) is 0 Å². The summed E-state index contributed by atoms with van der Waals surface area (Å²) < 4.78 is 5.22. The van der Waals surface area contributed by atoms with E-state index < -0.39 is 11.6 Å². The van der Waals surface area contributed by atoms with Crippen LogP contribution in [0.4, 0.5) is 0 Å². The lowest BCUT2D eigenvalue weighted by molar-refractivity contribution is -0.172. The smallest absolute Gasteiger partial charge is 0.329 e. The van der Waals surface area contributed by atoms with Crippen molar-refractivity contribution < 1.29 is 19.4 Å². The fourth-order valence-electron chi connectivity index (χ4n) is 1.67. The van der Waals surface area contributed by atoms with E-state index in [2.05, 4.69) is 5.32 Å². The lowest BCUT2D eigenvalue weighted by Gasteiger charge is -2.47. The van der Waals surface area contributed by atoms with Gasteiger partial charge < -0.3 is 20.1 Å². The Morgan fingerprint density at radius 2 is 2.06 bits per heavy atom. The molecule has 1 aliphatic heterocycles. The van der Waals surface area contributed by atoms with Gasteiger partial charge in [-0.25, -0.2) is 4.79 Å². The first kappa shape index (κ1) is 13.9. The summed E-state index contributed by atoms with van der Waals surface area (Å²) >= 11 is 0. The van der Waals surface area contributed by atoms with E-state index in [0.29, 0.717) is 19.6 Å². The van der Waals surface area contributed by atoms with Crippen LogP contribution in [0.5, 0.6) is 0 Å². The number of likely N-dealkylation sites (tertiary alicyclic amines) is 1. The number of carboxylic acids is 1. The molecule has 1 aliphatic rings. The first-order valence-electron chi connectivity index (χ1n) is 5.69. The van der Waals surface area contributed by atoms with Crippen molar-refractivity contribution in [3.8, 4) is 0 Å². The van der Waals surface area contributed by atoms with Gasteiger partial charge in [0.25, 0.3) is 0 Å². The van der Waals surface area contributed by atoms with Crippen LogP contribution < -0.4 is 5.32 Å². The van der Waals surface area contributed by atoms with E-state index in [4.69, 9.17) is 9.84 Å². The molecule has 0 bridgehead atoms. The lowest BCUT2D eigenvalue weighted by Crippen LogP contribution is -2.64. The van der Waals surface area contributed by atoms with Gasteiger partial charge >= 0.3 is 5.97 Å². The van der Waals surface area contributed by atoms with E-state index in [1.54, 1.807) is 4.90 Å². The molecular formula is C11H20N2O4. The number of nitrogens with one attached hydrogen (secondary N) is 1. The van der Waals surface area contributed by atoms with Crippen molar-refractivity contribution in [2.24, 2.45) is 0 Å². The van der Waals surface area contributed by atoms with Crippen LogP contribution >= 0.6 is 0 Å². The maximum absolute atomic E-state index is 11.6. The second kappa shape index (κ2) is 5.46. The van der Waals surface area contributed by atoms with E-state index in [0.717, 1.165) is 0 Å². The number of carbonyl (C=O) groups is 2. The molecule has 0 radical (unpaired) electrons. The summed E-state index contributed by atoms with van der Waals surface area (Å²) in [6, 6.07) is 0.273. The van der Waals surface area contributed by atoms with E-state index in [-0.39, 0.29) is 18.6 Å². The van der Waals surface area contributed by atoms with Gasteiger partial charge in [0.2, 0.25) is 5.91 Å². The number of aliphatic carboxylic acids is 1. The molecule has 0 aromatic rings. The SMILES string of the molecule is CC(C)NCC(=O)N1CC(C)(OCC(=O)O)C1. The van der Waals surface area contributed by atoms with Crippen LogP contribution in [-0.2, 0) is 14.3 Å². The minimum atomic E-state index is -0.988. The molecule has 0 aliphatic carbocycles. The van der Waals surface area contributed by atoms with Gasteiger partial charge in [-0.15, -0.1) is 0 Å². The van der Waals surface area contributed by atoms with E-state index in [9.17, 15) is 9.59 Å². The van der Waals surface area contributed by atoms with Gasteiger partial charge in [-0.1, -0.05) is 13.8 Å². The van der Waals surface area contributed by atoms with Gasteiger partial charge in [0.15, 0.2) is 0 Å². The minimum absolute atomic E-state index is 0.0232. The van der Waals surface area contributed by atoms with E-state index in [1.807, 2.05) is 20.8 Å². The van der Waals surface area contributed by atoms with Crippen molar-refractivity contribution in [2.75, 3.05) is 26.2 Å². The number of rotatable bonds is 6. The summed E-state index contributed by atoms with van der Waals surface area (Å²) in [6.45, 7) is 6.68. The van der Waals surface area contributed by atoms with Crippen LogP contribution in [0.2, 0.25) is 0 Å². The Morgan fingerprint density at radius 3 is 2.53 bits per heavy atom. The highest BCUT2D eigenvalue weighted by Crippen LogP contribution is 2.24. The van der Waals surface area contributed by atoms with Gasteiger partial charge in [0, 0.05) is 6.04 Å². The predicted octanol–water partition coefficient (Wildman–Crippen LogP) is -0.313. The third-order valence-electron chi connectivity index (χ3n) is 2.61. The molecule has 1 heterocycles. The van der Waals surface area contributed by atoms with Crippen molar-refractivity contribution in [3.05, 3.63) is 0 Å². The molecule has 0 aromatic carbocycles. The number of ether oxygens (including phenoxy) is 1. The quantitative estimate of drug-likeness (QED) is 0.670. The molecule has 1 rings (SSSR count). The summed E-state index contributed by atoms with van der Waals surface area (Å²) in [5.74, 6) is -0.965. The number of amides is 1. The Labute approximate surface area is 101 Å². The molecule has 0 aromatic heterocycles. The Morgan fingerprint density at radius 1 is 1.47 bits per heavy atom. The van der Waals surface area contributed by atoms with Crippen molar-refractivity contribution in [1.29, 1.82) is 0 Å². The number of carbonyl (C=O) groups excluding carboxylic acids is 1. The van der Waals surface area contributed by atoms with Gasteiger partial charge in [-0.2, -0.15) is 0 Å². The third-order valence-corrected chi connectivity index (χ3v) is 2.61. The second-order valence-corrected chi connectivity index (χ2v) is 4.92. The van der Waals surface area contributed by atoms with Crippen LogP contribution in [0.1, 0.15) is 20.8 Å². The average molecular weight is 244 g/mol. The molecule has 2 N–H and O–H groups in total. The Balaban J connectivity index is 2.25. The molecule has 1 fully saturated rings. The molecule has 1 saturated heterocycles. The second-order valence-electron chi connectivity index (χ2n) is 4.92. The molecule has 0 saturated carbocycles. The molecule has 6 heteroatoms. The zero-order valence-corrected chi connectivity index (χ0v) is 10.5. The molecule has 0 atom stereocenters. The maximum Gasteiger partial charge on any atom is 0.329 e. The van der Waals surface area contributed by atoms with Crippen LogP contribution in [0.15, 0.2) is 0 Å². The van der Waals surface area contributed by atoms with Gasteiger partial charge in [-0.05, 0) is 6.92 Å². The van der Waals surface area contributed by atoms with Crippen molar-refractivity contribution in [3.63, 3.8) is 0 Å². The van der Waals surface area contributed by atoms with Crippen LogP contribution in [0.3, 0.4) is 0 Å². The monoisotopic (exact) mass is 244 g/mol. The Kier molecular flexibility index (Phi) is 4.47. The molecule has 1 amide bonds. The fraction of sp³-hybridized carbons (Fsp3) is 0.818. The van der Waals surface area contributed by atoms with E-state index >= 15 is 0 Å². The summed E-state index contributed by atoms with van der Waals surface area (Å²) in [7, 11) is 0. The standard InChI is InChI=1S/C11H20N2O4/c1-8(2)12-4-9(14)13-6-11(3,7-13)17-5-10(15)16/h8,12H,4-7H2,1-3H3,(H,15,16). The lowest BCUT2D eigenvalue weighted by atomic mass is 9.96. The Bertz CT molecular complexity index is 298. The summed E-state index contributed by atoms with van der Waals surface area (Å²) in [4.78, 5) is 23.7. The summed E-state index contributed by atoms with van der Waals surface area (Å²) in [6.07, 6.45) is 0. The van der Waals surface area contributed by atoms with Gasteiger partial charge in [0.05, 0.1) is 19.6 Å². The van der Waals surface area contributed by atoms with Crippen molar-refractivity contribution >= 4 is 11.9 Å². The number of hydrogen-bond acceptors (Lipinski definition) is 4. The maximum atomic E-state index is 11.6. The van der Waals surface area contributed by atoms with Gasteiger partial charge in [-0.3, -0.25) is 4.79 Å². The van der Waals surface area contributed by atoms with Crippen LogP contribution in [-0.4, -0.2) is 59.8 Å². The largest absolute Gasteiger partial charge is 0.480 e. The predicted molar refractivity (Wildman–Crippen MR) is 61.7 cm³/mol. The minimum Gasteiger partial charge on any atom is -0.480 e. The highest BCUT2D eigenvalue weighted by molar-refractivity contribution is 5.79. The first-order chi connectivity index (χ1) is 7.82. The topological polar surface area (TPSA) is 78.9 Å². The number of carboxylic acid groups (broad SMARTS) is 1. The molecular weight excluding hydrogens is 224 g/mol. The van der Waals surface area contributed by atoms with Crippen molar-refractivity contribution in [2.45, 2.75) is 32.4 Å². The molecule has 0 spiro atoms. The third kappa shape index (κ3) is 4.32. The van der Waals surface area contributed by atoms with Crippen molar-refractivity contribution in [1.82, 2.24) is 10.2 Å². The Hall–Kier alpha value is -1.14. The molecule has 0 unspecified atom stereocenters. The molecule has 98 valence electrons. The van der Waals surface area contributed by atoms with E-state index in [1.165, 1.54) is 0 Å². The number of hydrogen-bond donors (Lipinski definition) is 2. The zero-order valence-electron chi connectivity index (χ0n) is 10.5. The fourth-order valence-corrected chi connectivity index (χ4v) is 1.67. The zero-order chi connectivity index (χ0) is 13.1. The van der Waals surface area contributed by atoms with Gasteiger partial charge in [0.1, 0.15) is 12.2 Å². The normalized spacial score (nSPS) is 18.0. The summed E-state index contributed by atoms with van der Waals surface area (Å²) in [5, 5.41) is 11.5. The average Bonchev–Trinajstić information content (AvgIpc) is 2.19. The number of nitrogens with zero attached hydrogens (tertiary/aromatic N) is 1. The highest BCUT2D eigenvalue weighted by Gasteiger charge is 2.42. The highest BCUT2D eigenvalue weighted by atomic mass is 16.5. The molecule has 17 heavy (non-hydrogen) atoms. The first-order valence-corrected chi connectivity index (χ1v) is 5.69. The van der Waals surface area contributed by atoms with Crippen LogP contribution in [0, 0.1) is 0 Å². The summed E-state index contributed by atoms with van der Waals surface area (Å²) in [5.41, 5.74) is -0.508.